The standard InChI is InChI=1S/C10H17N3O/c1-8-5-9(14)6-13(8)7-10-11-3-4-12(10)2/h3-4,8-9,14H,5-7H2,1-2H3. The van der Waals surface area contributed by atoms with Crippen molar-refractivity contribution in [3.8, 4) is 0 Å². The molecule has 0 aliphatic carbocycles. The van der Waals surface area contributed by atoms with Crippen LogP contribution in [0.5, 0.6) is 0 Å². The second kappa shape index (κ2) is 3.71. The Labute approximate surface area is 84.2 Å². The van der Waals surface area contributed by atoms with Crippen molar-refractivity contribution in [2.75, 3.05) is 6.54 Å². The van der Waals surface area contributed by atoms with Gasteiger partial charge in [-0.05, 0) is 13.3 Å². The van der Waals surface area contributed by atoms with Gasteiger partial charge in [-0.1, -0.05) is 0 Å². The van der Waals surface area contributed by atoms with Crippen LogP contribution < -0.4 is 0 Å². The van der Waals surface area contributed by atoms with Crippen LogP contribution in [-0.4, -0.2) is 38.2 Å². The van der Waals surface area contributed by atoms with Gasteiger partial charge in [-0.15, -0.1) is 0 Å². The zero-order valence-corrected chi connectivity index (χ0v) is 8.72. The SMILES string of the molecule is CC1CC(O)CN1Cc1nccn1C. The molecule has 78 valence electrons. The molecule has 1 fully saturated rings. The van der Waals surface area contributed by atoms with E-state index in [9.17, 15) is 5.11 Å². The van der Waals surface area contributed by atoms with Gasteiger partial charge in [-0.2, -0.15) is 0 Å². The lowest BCUT2D eigenvalue weighted by Gasteiger charge is -2.19. The molecule has 0 amide bonds. The zero-order chi connectivity index (χ0) is 10.1. The van der Waals surface area contributed by atoms with Gasteiger partial charge in [0.15, 0.2) is 0 Å². The van der Waals surface area contributed by atoms with Crippen molar-refractivity contribution in [3.63, 3.8) is 0 Å². The minimum absolute atomic E-state index is 0.162. The van der Waals surface area contributed by atoms with Gasteiger partial charge in [0.05, 0.1) is 12.6 Å². The lowest BCUT2D eigenvalue weighted by Crippen LogP contribution is -2.28. The summed E-state index contributed by atoms with van der Waals surface area (Å²) in [5, 5.41) is 9.50. The van der Waals surface area contributed by atoms with E-state index in [2.05, 4.69) is 16.8 Å². The first-order chi connectivity index (χ1) is 6.66. The van der Waals surface area contributed by atoms with Gasteiger partial charge in [-0.3, -0.25) is 4.90 Å². The molecule has 1 aromatic heterocycles. The van der Waals surface area contributed by atoms with Crippen molar-refractivity contribution in [1.82, 2.24) is 14.5 Å². The fraction of sp³-hybridized carbons (Fsp3) is 0.700. The topological polar surface area (TPSA) is 41.3 Å². The smallest absolute Gasteiger partial charge is 0.122 e. The van der Waals surface area contributed by atoms with Crippen LogP contribution in [0.4, 0.5) is 0 Å². The zero-order valence-electron chi connectivity index (χ0n) is 8.72. The number of likely N-dealkylation sites (tertiary alicyclic amines) is 1. The molecule has 0 aromatic carbocycles. The maximum absolute atomic E-state index is 9.50. The Morgan fingerprint density at radius 2 is 2.43 bits per heavy atom. The van der Waals surface area contributed by atoms with Crippen molar-refractivity contribution in [1.29, 1.82) is 0 Å². The molecule has 2 heterocycles. The molecule has 0 saturated carbocycles. The van der Waals surface area contributed by atoms with Crippen LogP contribution in [0.3, 0.4) is 0 Å². The van der Waals surface area contributed by atoms with E-state index in [1.807, 2.05) is 24.0 Å². The Balaban J connectivity index is 2.01. The van der Waals surface area contributed by atoms with Gasteiger partial charge in [0.2, 0.25) is 0 Å². The summed E-state index contributed by atoms with van der Waals surface area (Å²) in [5.41, 5.74) is 0. The van der Waals surface area contributed by atoms with Gasteiger partial charge < -0.3 is 9.67 Å². The summed E-state index contributed by atoms with van der Waals surface area (Å²) in [5.74, 6) is 1.06. The first-order valence-electron chi connectivity index (χ1n) is 5.05. The molecular weight excluding hydrogens is 178 g/mol. The molecular formula is C10H17N3O. The van der Waals surface area contributed by atoms with E-state index in [4.69, 9.17) is 0 Å². The number of β-amino-alcohol motifs (C(OH)–C–C–N with tert-alkyl or cyclic N) is 1. The fourth-order valence-electron chi connectivity index (χ4n) is 2.02. The molecule has 1 aromatic rings. The summed E-state index contributed by atoms with van der Waals surface area (Å²) in [6, 6.07) is 0.460. The van der Waals surface area contributed by atoms with E-state index in [0.29, 0.717) is 6.04 Å². The van der Waals surface area contributed by atoms with Gasteiger partial charge in [-0.25, -0.2) is 4.98 Å². The van der Waals surface area contributed by atoms with E-state index in [1.165, 1.54) is 0 Å². The quantitative estimate of drug-likeness (QED) is 0.741. The number of aliphatic hydroxyl groups is 1. The molecule has 2 unspecified atom stereocenters. The molecule has 4 heteroatoms. The lowest BCUT2D eigenvalue weighted by atomic mass is 10.2. The lowest BCUT2D eigenvalue weighted by molar-refractivity contribution is 0.171. The number of aliphatic hydroxyl groups excluding tert-OH is 1. The number of imidazole rings is 1. The van der Waals surface area contributed by atoms with Crippen molar-refractivity contribution >= 4 is 0 Å². The van der Waals surface area contributed by atoms with E-state index in [0.717, 1.165) is 25.3 Å². The molecule has 1 aliphatic heterocycles. The largest absolute Gasteiger partial charge is 0.392 e. The highest BCUT2D eigenvalue weighted by molar-refractivity contribution is 4.94. The molecule has 14 heavy (non-hydrogen) atoms. The summed E-state index contributed by atoms with van der Waals surface area (Å²) in [6.45, 7) is 3.76. The number of aromatic nitrogens is 2. The Morgan fingerprint density at radius 1 is 1.64 bits per heavy atom. The minimum Gasteiger partial charge on any atom is -0.392 e. The number of nitrogens with zero attached hydrogens (tertiary/aromatic N) is 3. The van der Waals surface area contributed by atoms with Gasteiger partial charge >= 0.3 is 0 Å². The normalized spacial score (nSPS) is 28.5. The summed E-state index contributed by atoms with van der Waals surface area (Å²) in [4.78, 5) is 6.55. The second-order valence-electron chi connectivity index (χ2n) is 4.12. The van der Waals surface area contributed by atoms with E-state index >= 15 is 0 Å². The molecule has 0 spiro atoms. The predicted molar refractivity (Wildman–Crippen MR) is 53.7 cm³/mol. The van der Waals surface area contributed by atoms with Gasteiger partial charge in [0.1, 0.15) is 5.82 Å². The van der Waals surface area contributed by atoms with Crippen molar-refractivity contribution in [2.45, 2.75) is 32.0 Å². The Morgan fingerprint density at radius 3 is 2.93 bits per heavy atom. The highest BCUT2D eigenvalue weighted by Crippen LogP contribution is 2.19. The van der Waals surface area contributed by atoms with E-state index in [1.54, 1.807) is 0 Å². The third-order valence-corrected chi connectivity index (χ3v) is 2.95. The average molecular weight is 195 g/mol. The van der Waals surface area contributed by atoms with Crippen molar-refractivity contribution in [2.24, 2.45) is 7.05 Å². The van der Waals surface area contributed by atoms with Crippen LogP contribution in [0, 0.1) is 0 Å². The average Bonchev–Trinajstić information content (AvgIpc) is 2.62. The van der Waals surface area contributed by atoms with Crippen molar-refractivity contribution < 1.29 is 5.11 Å². The highest BCUT2D eigenvalue weighted by Gasteiger charge is 2.27. The van der Waals surface area contributed by atoms with Crippen LogP contribution in [-0.2, 0) is 13.6 Å². The maximum atomic E-state index is 9.50. The molecule has 1 N–H and O–H groups in total. The summed E-state index contributed by atoms with van der Waals surface area (Å²) in [6.07, 6.45) is 4.48. The Bertz CT molecular complexity index is 310. The molecule has 0 radical (unpaired) electrons. The van der Waals surface area contributed by atoms with Crippen LogP contribution in [0.15, 0.2) is 12.4 Å². The Hall–Kier alpha value is -0.870. The van der Waals surface area contributed by atoms with E-state index < -0.39 is 0 Å². The molecule has 2 atom stereocenters. The molecule has 0 bridgehead atoms. The third-order valence-electron chi connectivity index (χ3n) is 2.95. The first-order valence-corrected chi connectivity index (χ1v) is 5.05. The van der Waals surface area contributed by atoms with Crippen LogP contribution in [0.2, 0.25) is 0 Å². The first kappa shape index (κ1) is 9.68. The number of rotatable bonds is 2. The molecule has 2 rings (SSSR count). The summed E-state index contributed by atoms with van der Waals surface area (Å²) in [7, 11) is 2.00. The number of hydrogen-bond acceptors (Lipinski definition) is 3. The molecule has 1 aliphatic rings. The summed E-state index contributed by atoms with van der Waals surface area (Å²) >= 11 is 0. The van der Waals surface area contributed by atoms with Crippen LogP contribution in [0.1, 0.15) is 19.2 Å². The van der Waals surface area contributed by atoms with E-state index in [-0.39, 0.29) is 6.10 Å². The number of hydrogen-bond donors (Lipinski definition) is 1. The highest BCUT2D eigenvalue weighted by atomic mass is 16.3. The van der Waals surface area contributed by atoms with Gasteiger partial charge in [0.25, 0.3) is 0 Å². The summed E-state index contributed by atoms with van der Waals surface area (Å²) < 4.78 is 2.03. The minimum atomic E-state index is -0.162. The predicted octanol–water partition coefficient (Wildman–Crippen LogP) is 0.375. The molecule has 4 nitrogen and oxygen atoms in total. The maximum Gasteiger partial charge on any atom is 0.122 e. The molecule has 1 saturated heterocycles. The third kappa shape index (κ3) is 1.81. The van der Waals surface area contributed by atoms with Crippen LogP contribution >= 0.6 is 0 Å². The fourth-order valence-corrected chi connectivity index (χ4v) is 2.02. The number of aryl methyl sites for hydroxylation is 1. The van der Waals surface area contributed by atoms with Gasteiger partial charge in [0, 0.05) is 32.0 Å². The van der Waals surface area contributed by atoms with Crippen molar-refractivity contribution in [3.05, 3.63) is 18.2 Å². The Kier molecular flexibility index (Phi) is 2.56. The second-order valence-corrected chi connectivity index (χ2v) is 4.12. The van der Waals surface area contributed by atoms with Crippen LogP contribution in [0.25, 0.3) is 0 Å². The monoisotopic (exact) mass is 195 g/mol.